The summed E-state index contributed by atoms with van der Waals surface area (Å²) in [6.07, 6.45) is 7.45. The molecule has 1 rings (SSSR count). The molecule has 0 saturated carbocycles. The average Bonchev–Trinajstić information content (AvgIpc) is 2.74. The number of imidazole rings is 1. The maximum atomic E-state index is 5.13. The SMILES string of the molecule is CCCC(CC)n1ccnc1NC(C)COC. The summed E-state index contributed by atoms with van der Waals surface area (Å²) in [5, 5.41) is 3.39. The number of anilines is 1. The van der Waals surface area contributed by atoms with E-state index in [1.165, 1.54) is 12.8 Å². The van der Waals surface area contributed by atoms with Crippen LogP contribution in [0.4, 0.5) is 5.95 Å². The van der Waals surface area contributed by atoms with Gasteiger partial charge in [0.1, 0.15) is 0 Å². The van der Waals surface area contributed by atoms with Crippen LogP contribution in [-0.2, 0) is 4.74 Å². The summed E-state index contributed by atoms with van der Waals surface area (Å²) in [7, 11) is 1.72. The molecular formula is C13H25N3O. The molecular weight excluding hydrogens is 214 g/mol. The van der Waals surface area contributed by atoms with Gasteiger partial charge in [-0.2, -0.15) is 0 Å². The molecule has 4 heteroatoms. The second-order valence-electron chi connectivity index (χ2n) is 4.51. The van der Waals surface area contributed by atoms with Crippen LogP contribution in [0.15, 0.2) is 12.4 Å². The van der Waals surface area contributed by atoms with Gasteiger partial charge in [-0.1, -0.05) is 20.3 Å². The van der Waals surface area contributed by atoms with Crippen LogP contribution in [0.1, 0.15) is 46.1 Å². The first-order chi connectivity index (χ1) is 8.22. The molecule has 0 aliphatic rings. The van der Waals surface area contributed by atoms with Gasteiger partial charge in [0.25, 0.3) is 0 Å². The Hall–Kier alpha value is -1.03. The van der Waals surface area contributed by atoms with Crippen LogP contribution in [0.3, 0.4) is 0 Å². The number of nitrogens with one attached hydrogen (secondary N) is 1. The zero-order valence-electron chi connectivity index (χ0n) is 11.4. The molecule has 1 aromatic heterocycles. The van der Waals surface area contributed by atoms with Crippen LogP contribution in [0.2, 0.25) is 0 Å². The first-order valence-electron chi connectivity index (χ1n) is 6.51. The van der Waals surface area contributed by atoms with Crippen molar-refractivity contribution >= 4 is 5.95 Å². The molecule has 0 aliphatic heterocycles. The zero-order valence-corrected chi connectivity index (χ0v) is 11.4. The largest absolute Gasteiger partial charge is 0.383 e. The van der Waals surface area contributed by atoms with Gasteiger partial charge in [0.05, 0.1) is 6.61 Å². The summed E-state index contributed by atoms with van der Waals surface area (Å²) in [5.74, 6) is 0.954. The molecule has 0 saturated heterocycles. The Morgan fingerprint density at radius 2 is 2.24 bits per heavy atom. The van der Waals surface area contributed by atoms with Gasteiger partial charge in [-0.05, 0) is 19.8 Å². The van der Waals surface area contributed by atoms with E-state index in [0.29, 0.717) is 12.6 Å². The van der Waals surface area contributed by atoms with E-state index < -0.39 is 0 Å². The maximum absolute atomic E-state index is 5.13. The van der Waals surface area contributed by atoms with E-state index in [1.54, 1.807) is 7.11 Å². The molecule has 1 N–H and O–H groups in total. The summed E-state index contributed by atoms with van der Waals surface area (Å²) in [5.41, 5.74) is 0. The molecule has 0 aliphatic carbocycles. The van der Waals surface area contributed by atoms with E-state index in [-0.39, 0.29) is 6.04 Å². The predicted octanol–water partition coefficient (Wildman–Crippen LogP) is 3.08. The molecule has 98 valence electrons. The fourth-order valence-corrected chi connectivity index (χ4v) is 2.10. The third-order valence-electron chi connectivity index (χ3n) is 2.95. The van der Waals surface area contributed by atoms with Crippen LogP contribution < -0.4 is 5.32 Å². The Morgan fingerprint density at radius 1 is 1.47 bits per heavy atom. The highest BCUT2D eigenvalue weighted by atomic mass is 16.5. The third-order valence-corrected chi connectivity index (χ3v) is 2.95. The number of nitrogens with zero attached hydrogens (tertiary/aromatic N) is 2. The fraction of sp³-hybridized carbons (Fsp3) is 0.769. The molecule has 17 heavy (non-hydrogen) atoms. The van der Waals surface area contributed by atoms with Gasteiger partial charge >= 0.3 is 0 Å². The van der Waals surface area contributed by atoms with E-state index >= 15 is 0 Å². The van der Waals surface area contributed by atoms with Crippen LogP contribution in [0.5, 0.6) is 0 Å². The summed E-state index contributed by atoms with van der Waals surface area (Å²) >= 11 is 0. The molecule has 1 aromatic rings. The Kier molecular flexibility index (Phi) is 6.05. The first kappa shape index (κ1) is 14.0. The standard InChI is InChI=1S/C13H25N3O/c1-5-7-12(6-2)16-9-8-14-13(16)15-11(3)10-17-4/h8-9,11-12H,5-7,10H2,1-4H3,(H,14,15). The van der Waals surface area contributed by atoms with Crippen molar-refractivity contribution in [1.82, 2.24) is 9.55 Å². The van der Waals surface area contributed by atoms with Crippen molar-refractivity contribution in [2.24, 2.45) is 0 Å². The Bertz CT molecular complexity index is 311. The lowest BCUT2D eigenvalue weighted by Gasteiger charge is -2.21. The number of methoxy groups -OCH3 is 1. The van der Waals surface area contributed by atoms with Crippen LogP contribution in [0, 0.1) is 0 Å². The van der Waals surface area contributed by atoms with Crippen molar-refractivity contribution in [2.45, 2.75) is 52.1 Å². The lowest BCUT2D eigenvalue weighted by molar-refractivity contribution is 0.190. The molecule has 0 aromatic carbocycles. The van der Waals surface area contributed by atoms with E-state index in [0.717, 1.165) is 12.4 Å². The normalized spacial score (nSPS) is 14.6. The highest BCUT2D eigenvalue weighted by Gasteiger charge is 2.13. The first-order valence-corrected chi connectivity index (χ1v) is 6.51. The smallest absolute Gasteiger partial charge is 0.203 e. The maximum Gasteiger partial charge on any atom is 0.203 e. The summed E-state index contributed by atoms with van der Waals surface area (Å²) < 4.78 is 7.37. The van der Waals surface area contributed by atoms with E-state index in [2.05, 4.69) is 41.8 Å². The summed E-state index contributed by atoms with van der Waals surface area (Å²) in [6, 6.07) is 0.819. The lowest BCUT2D eigenvalue weighted by atomic mass is 10.1. The van der Waals surface area contributed by atoms with Gasteiger partial charge in [0.15, 0.2) is 0 Å². The van der Waals surface area contributed by atoms with Crippen LogP contribution >= 0.6 is 0 Å². The van der Waals surface area contributed by atoms with E-state index in [9.17, 15) is 0 Å². The Balaban J connectivity index is 2.70. The highest BCUT2D eigenvalue weighted by molar-refractivity contribution is 5.28. The van der Waals surface area contributed by atoms with E-state index in [4.69, 9.17) is 4.74 Å². The van der Waals surface area contributed by atoms with Crippen molar-refractivity contribution in [3.63, 3.8) is 0 Å². The minimum Gasteiger partial charge on any atom is -0.383 e. The van der Waals surface area contributed by atoms with Crippen molar-refractivity contribution in [2.75, 3.05) is 19.0 Å². The van der Waals surface area contributed by atoms with Crippen molar-refractivity contribution in [3.05, 3.63) is 12.4 Å². The van der Waals surface area contributed by atoms with Crippen molar-refractivity contribution in [3.8, 4) is 0 Å². The molecule has 1 heterocycles. The number of aromatic nitrogens is 2. The van der Waals surface area contributed by atoms with Gasteiger partial charge in [-0.25, -0.2) is 4.98 Å². The number of rotatable bonds is 8. The molecule has 0 bridgehead atoms. The van der Waals surface area contributed by atoms with Gasteiger partial charge in [-0.3, -0.25) is 0 Å². The molecule has 4 nitrogen and oxygen atoms in total. The second kappa shape index (κ2) is 7.33. The minimum absolute atomic E-state index is 0.278. The summed E-state index contributed by atoms with van der Waals surface area (Å²) in [4.78, 5) is 4.39. The number of hydrogen-bond acceptors (Lipinski definition) is 3. The monoisotopic (exact) mass is 239 g/mol. The lowest BCUT2D eigenvalue weighted by Crippen LogP contribution is -2.24. The molecule has 0 amide bonds. The fourth-order valence-electron chi connectivity index (χ4n) is 2.10. The minimum atomic E-state index is 0.278. The van der Waals surface area contributed by atoms with E-state index in [1.807, 2.05) is 6.20 Å². The Labute approximate surface area is 104 Å². The third kappa shape index (κ3) is 4.04. The van der Waals surface area contributed by atoms with Crippen molar-refractivity contribution in [1.29, 1.82) is 0 Å². The van der Waals surface area contributed by atoms with Gasteiger partial charge in [-0.15, -0.1) is 0 Å². The second-order valence-corrected chi connectivity index (χ2v) is 4.51. The summed E-state index contributed by atoms with van der Waals surface area (Å²) in [6.45, 7) is 7.24. The topological polar surface area (TPSA) is 39.1 Å². The highest BCUT2D eigenvalue weighted by Crippen LogP contribution is 2.22. The van der Waals surface area contributed by atoms with Crippen LogP contribution in [-0.4, -0.2) is 29.3 Å². The predicted molar refractivity (Wildman–Crippen MR) is 71.4 cm³/mol. The average molecular weight is 239 g/mol. The Morgan fingerprint density at radius 3 is 2.82 bits per heavy atom. The molecule has 0 radical (unpaired) electrons. The number of ether oxygens (including phenoxy) is 1. The zero-order chi connectivity index (χ0) is 12.7. The molecule has 0 fully saturated rings. The molecule has 2 atom stereocenters. The van der Waals surface area contributed by atoms with Crippen LogP contribution in [0.25, 0.3) is 0 Å². The van der Waals surface area contributed by atoms with Crippen molar-refractivity contribution < 1.29 is 4.74 Å². The van der Waals surface area contributed by atoms with Gasteiger partial charge in [0.2, 0.25) is 5.95 Å². The molecule has 0 spiro atoms. The number of hydrogen-bond donors (Lipinski definition) is 1. The van der Waals surface area contributed by atoms with Gasteiger partial charge in [0, 0.05) is 31.6 Å². The molecule has 2 unspecified atom stereocenters. The quantitative estimate of drug-likeness (QED) is 0.757. The van der Waals surface area contributed by atoms with Gasteiger partial charge < -0.3 is 14.6 Å².